The Kier molecular flexibility index (Phi) is 5.71. The molecule has 8 heteroatoms. The fourth-order valence-corrected chi connectivity index (χ4v) is 4.72. The number of hydrogen-bond acceptors (Lipinski definition) is 5. The molecule has 0 saturated carbocycles. The van der Waals surface area contributed by atoms with Crippen LogP contribution in [-0.4, -0.2) is 21.6 Å². The van der Waals surface area contributed by atoms with E-state index >= 15 is 0 Å². The van der Waals surface area contributed by atoms with Crippen LogP contribution in [0.2, 0.25) is 5.02 Å². The first-order chi connectivity index (χ1) is 14.0. The van der Waals surface area contributed by atoms with Crippen LogP contribution in [0, 0.1) is 6.92 Å². The molecular weight excluding hydrogens is 426 g/mol. The molecule has 0 aliphatic carbocycles. The fraction of sp³-hybridized carbons (Fsp3) is 0.0952. The highest BCUT2D eigenvalue weighted by molar-refractivity contribution is 7.99. The molecule has 0 atom stereocenters. The summed E-state index contributed by atoms with van der Waals surface area (Å²) in [6, 6.07) is 15.1. The van der Waals surface area contributed by atoms with Crippen LogP contribution in [0.4, 0.5) is 5.69 Å². The number of amides is 1. The third kappa shape index (κ3) is 4.37. The van der Waals surface area contributed by atoms with Gasteiger partial charge in [-0.3, -0.25) is 9.59 Å². The first-order valence-corrected chi connectivity index (χ1v) is 11.0. The van der Waals surface area contributed by atoms with Crippen molar-refractivity contribution < 1.29 is 4.79 Å². The van der Waals surface area contributed by atoms with Crippen LogP contribution < -0.4 is 10.9 Å². The van der Waals surface area contributed by atoms with E-state index < -0.39 is 0 Å². The minimum atomic E-state index is -0.205. The number of carbonyl (C=O) groups is 1. The number of carbonyl (C=O) groups excluding carboxylic acids is 1. The molecule has 0 spiro atoms. The lowest BCUT2D eigenvalue weighted by molar-refractivity contribution is -0.113. The predicted octanol–water partition coefficient (Wildman–Crippen LogP) is 5.34. The van der Waals surface area contributed by atoms with E-state index in [1.54, 1.807) is 12.1 Å². The Labute approximate surface area is 180 Å². The van der Waals surface area contributed by atoms with E-state index in [-0.39, 0.29) is 17.2 Å². The van der Waals surface area contributed by atoms with Crippen LogP contribution >= 0.6 is 34.7 Å². The Balaban J connectivity index is 1.51. The van der Waals surface area contributed by atoms with Gasteiger partial charge in [-0.2, -0.15) is 0 Å². The Bertz CT molecular complexity index is 1250. The number of thioether (sulfide) groups is 1. The molecule has 2 aromatic carbocycles. The van der Waals surface area contributed by atoms with Crippen LogP contribution in [0.15, 0.2) is 63.9 Å². The van der Waals surface area contributed by atoms with Crippen molar-refractivity contribution in [2.24, 2.45) is 0 Å². The molecule has 146 valence electrons. The van der Waals surface area contributed by atoms with E-state index in [2.05, 4.69) is 15.3 Å². The van der Waals surface area contributed by atoms with E-state index in [4.69, 9.17) is 11.6 Å². The zero-order valence-corrected chi connectivity index (χ0v) is 17.8. The highest BCUT2D eigenvalue weighted by atomic mass is 35.5. The van der Waals surface area contributed by atoms with Crippen molar-refractivity contribution in [3.8, 4) is 11.1 Å². The summed E-state index contributed by atoms with van der Waals surface area (Å²) in [5.41, 5.74) is 3.23. The quantitative estimate of drug-likeness (QED) is 0.323. The number of nitrogens with zero attached hydrogens (tertiary/aromatic N) is 1. The van der Waals surface area contributed by atoms with Gasteiger partial charge in [-0.1, -0.05) is 59.8 Å². The summed E-state index contributed by atoms with van der Waals surface area (Å²) in [6.45, 7) is 1.90. The molecule has 5 nitrogen and oxygen atoms in total. The second-order valence-electron chi connectivity index (χ2n) is 6.36. The van der Waals surface area contributed by atoms with Crippen LogP contribution in [-0.2, 0) is 4.79 Å². The van der Waals surface area contributed by atoms with Gasteiger partial charge in [0.25, 0.3) is 5.56 Å². The van der Waals surface area contributed by atoms with Crippen molar-refractivity contribution in [2.75, 3.05) is 11.1 Å². The molecule has 2 aromatic heterocycles. The second-order valence-corrected chi connectivity index (χ2v) is 8.62. The topological polar surface area (TPSA) is 74.8 Å². The molecule has 0 aliphatic heterocycles. The number of halogens is 1. The standard InChI is InChI=1S/C21H16ClN3O2S2/c1-12-7-8-14(22)9-16(12)23-17(26)11-29-21-24-19(27)18-15(10-28-20(18)25-21)13-5-3-2-4-6-13/h2-10H,11H2,1H3,(H,23,26)(H,24,25,27). The predicted molar refractivity (Wildman–Crippen MR) is 121 cm³/mol. The number of aromatic nitrogens is 2. The van der Waals surface area contributed by atoms with Gasteiger partial charge in [0.2, 0.25) is 5.91 Å². The van der Waals surface area contributed by atoms with Crippen molar-refractivity contribution in [1.29, 1.82) is 0 Å². The molecule has 2 heterocycles. The molecule has 4 aromatic rings. The van der Waals surface area contributed by atoms with Crippen LogP contribution in [0.5, 0.6) is 0 Å². The van der Waals surface area contributed by atoms with Crippen molar-refractivity contribution in [3.05, 3.63) is 74.9 Å². The molecule has 29 heavy (non-hydrogen) atoms. The van der Waals surface area contributed by atoms with E-state index in [1.807, 2.05) is 48.7 Å². The first-order valence-electron chi connectivity index (χ1n) is 8.77. The summed E-state index contributed by atoms with van der Waals surface area (Å²) < 4.78 is 0. The molecule has 0 aliphatic rings. The molecule has 0 unspecified atom stereocenters. The molecule has 0 radical (unpaired) electrons. The molecule has 2 N–H and O–H groups in total. The Morgan fingerprint density at radius 1 is 1.24 bits per heavy atom. The monoisotopic (exact) mass is 441 g/mol. The number of aromatic amines is 1. The van der Waals surface area contributed by atoms with E-state index in [1.165, 1.54) is 23.1 Å². The lowest BCUT2D eigenvalue weighted by Crippen LogP contribution is -2.16. The third-order valence-corrected chi connectivity index (χ3v) is 6.30. The van der Waals surface area contributed by atoms with Gasteiger partial charge in [-0.25, -0.2) is 4.98 Å². The highest BCUT2D eigenvalue weighted by Gasteiger charge is 2.14. The summed E-state index contributed by atoms with van der Waals surface area (Å²) in [4.78, 5) is 32.9. The Morgan fingerprint density at radius 3 is 2.83 bits per heavy atom. The molecule has 0 bridgehead atoms. The number of hydrogen-bond donors (Lipinski definition) is 2. The highest BCUT2D eigenvalue weighted by Crippen LogP contribution is 2.31. The smallest absolute Gasteiger partial charge is 0.260 e. The molecule has 4 rings (SSSR count). The van der Waals surface area contributed by atoms with Gasteiger partial charge in [0.05, 0.1) is 11.1 Å². The SMILES string of the molecule is Cc1ccc(Cl)cc1NC(=O)CSc1nc2scc(-c3ccccc3)c2c(=O)[nH]1. The molecule has 0 saturated heterocycles. The number of thiophene rings is 1. The van der Waals surface area contributed by atoms with Crippen molar-refractivity contribution >= 4 is 56.5 Å². The third-order valence-electron chi connectivity index (χ3n) is 4.32. The van der Waals surface area contributed by atoms with Gasteiger partial charge in [0, 0.05) is 21.7 Å². The molecule has 1 amide bonds. The lowest BCUT2D eigenvalue weighted by atomic mass is 10.1. The number of rotatable bonds is 5. The van der Waals surface area contributed by atoms with Gasteiger partial charge >= 0.3 is 0 Å². The first kappa shape index (κ1) is 19.7. The Hall–Kier alpha value is -2.61. The number of aryl methyl sites for hydroxylation is 1. The van der Waals surface area contributed by atoms with Crippen molar-refractivity contribution in [3.63, 3.8) is 0 Å². The maximum Gasteiger partial charge on any atom is 0.260 e. The van der Waals surface area contributed by atoms with Gasteiger partial charge in [0.1, 0.15) is 4.83 Å². The normalized spacial score (nSPS) is 11.0. The number of nitrogens with one attached hydrogen (secondary N) is 2. The summed E-state index contributed by atoms with van der Waals surface area (Å²) >= 11 is 8.59. The second kappa shape index (κ2) is 8.41. The number of H-pyrrole nitrogens is 1. The zero-order valence-electron chi connectivity index (χ0n) is 15.4. The minimum absolute atomic E-state index is 0.122. The summed E-state index contributed by atoms with van der Waals surface area (Å²) in [6.07, 6.45) is 0. The average molecular weight is 442 g/mol. The van der Waals surface area contributed by atoms with Gasteiger partial charge < -0.3 is 10.3 Å². The summed E-state index contributed by atoms with van der Waals surface area (Å²) in [5.74, 6) is -0.0728. The lowest BCUT2D eigenvalue weighted by Gasteiger charge is -2.08. The van der Waals surface area contributed by atoms with Gasteiger partial charge in [-0.05, 0) is 30.2 Å². The summed E-state index contributed by atoms with van der Waals surface area (Å²) in [5, 5.41) is 6.32. The minimum Gasteiger partial charge on any atom is -0.325 e. The van der Waals surface area contributed by atoms with Gasteiger partial charge in [0.15, 0.2) is 5.16 Å². The maximum absolute atomic E-state index is 12.7. The molecular formula is C21H16ClN3O2S2. The zero-order chi connectivity index (χ0) is 20.4. The maximum atomic E-state index is 12.7. The number of anilines is 1. The largest absolute Gasteiger partial charge is 0.325 e. The van der Waals surface area contributed by atoms with Crippen LogP contribution in [0.25, 0.3) is 21.3 Å². The molecule has 0 fully saturated rings. The van der Waals surface area contributed by atoms with Gasteiger partial charge in [-0.15, -0.1) is 11.3 Å². The van der Waals surface area contributed by atoms with Crippen LogP contribution in [0.1, 0.15) is 5.56 Å². The number of fused-ring (bicyclic) bond motifs is 1. The average Bonchev–Trinajstić information content (AvgIpc) is 3.14. The Morgan fingerprint density at radius 2 is 2.03 bits per heavy atom. The fourth-order valence-electron chi connectivity index (χ4n) is 2.88. The van der Waals surface area contributed by atoms with Crippen LogP contribution in [0.3, 0.4) is 0 Å². The van der Waals surface area contributed by atoms with E-state index in [0.29, 0.717) is 26.1 Å². The van der Waals surface area contributed by atoms with E-state index in [0.717, 1.165) is 16.7 Å². The van der Waals surface area contributed by atoms with Crippen molar-refractivity contribution in [1.82, 2.24) is 9.97 Å². The number of benzene rings is 2. The van der Waals surface area contributed by atoms with Crippen molar-refractivity contribution in [2.45, 2.75) is 12.1 Å². The summed E-state index contributed by atoms with van der Waals surface area (Å²) in [7, 11) is 0. The van der Waals surface area contributed by atoms with E-state index in [9.17, 15) is 9.59 Å².